The van der Waals surface area contributed by atoms with Crippen molar-refractivity contribution in [3.63, 3.8) is 0 Å². The van der Waals surface area contributed by atoms with E-state index in [-0.39, 0.29) is 18.1 Å². The van der Waals surface area contributed by atoms with Crippen molar-refractivity contribution in [2.45, 2.75) is 19.4 Å². The Labute approximate surface area is 87.9 Å². The maximum atomic E-state index is 11.1. The predicted molar refractivity (Wildman–Crippen MR) is 51.8 cm³/mol. The molecular formula is C8H13NO5S. The molecule has 1 amide bonds. The molecule has 1 atom stereocenters. The zero-order valence-electron chi connectivity index (χ0n) is 8.36. The number of sulfone groups is 1. The number of nitrogens with one attached hydrogen (secondary N) is 1. The van der Waals surface area contributed by atoms with E-state index in [1.165, 1.54) is 0 Å². The summed E-state index contributed by atoms with van der Waals surface area (Å²) in [5.41, 5.74) is 0. The summed E-state index contributed by atoms with van der Waals surface area (Å²) in [5, 5.41) is 2.33. The van der Waals surface area contributed by atoms with Gasteiger partial charge in [0.15, 0.2) is 9.84 Å². The van der Waals surface area contributed by atoms with Crippen molar-refractivity contribution in [2.24, 2.45) is 0 Å². The lowest BCUT2D eigenvalue weighted by molar-refractivity contribution is -0.154. The van der Waals surface area contributed by atoms with Crippen LogP contribution in [0, 0.1) is 0 Å². The molecule has 1 saturated heterocycles. The third-order valence-electron chi connectivity index (χ3n) is 2.03. The summed E-state index contributed by atoms with van der Waals surface area (Å²) in [6.45, 7) is 1.71. The number of carbonyl (C=O) groups is 2. The molecule has 1 aliphatic heterocycles. The van der Waals surface area contributed by atoms with Gasteiger partial charge in [-0.1, -0.05) is 0 Å². The summed E-state index contributed by atoms with van der Waals surface area (Å²) in [5.74, 6) is -1.89. The largest absolute Gasteiger partial charge is 0.459 e. The highest BCUT2D eigenvalue weighted by Crippen LogP contribution is 2.10. The topological polar surface area (TPSA) is 89.5 Å². The van der Waals surface area contributed by atoms with Crippen molar-refractivity contribution in [1.29, 1.82) is 0 Å². The van der Waals surface area contributed by atoms with Crippen molar-refractivity contribution < 1.29 is 22.7 Å². The first-order valence-electron chi connectivity index (χ1n) is 4.62. The Hall–Kier alpha value is -1.11. The standard InChI is InChI=1S/C8H13NO5S/c1-2-14-8(11)7(10)9-6-3-4-15(12,13)5-6/h6H,2-5H2,1H3,(H,9,10)/t6-/m1/s1. The van der Waals surface area contributed by atoms with Crippen LogP contribution in [-0.4, -0.2) is 44.4 Å². The minimum absolute atomic E-state index is 0.0563. The normalized spacial score (nSPS) is 23.4. The number of hydrogen-bond acceptors (Lipinski definition) is 5. The maximum Gasteiger partial charge on any atom is 0.396 e. The second-order valence-electron chi connectivity index (χ2n) is 3.29. The summed E-state index contributed by atoms with van der Waals surface area (Å²) >= 11 is 0. The lowest BCUT2D eigenvalue weighted by Crippen LogP contribution is -2.40. The van der Waals surface area contributed by atoms with E-state index >= 15 is 0 Å². The molecule has 0 bridgehead atoms. The van der Waals surface area contributed by atoms with E-state index < -0.39 is 27.8 Å². The van der Waals surface area contributed by atoms with Crippen LogP contribution in [0.1, 0.15) is 13.3 Å². The van der Waals surface area contributed by atoms with Crippen LogP contribution in [0.15, 0.2) is 0 Å². The lowest BCUT2D eigenvalue weighted by atomic mass is 10.2. The smallest absolute Gasteiger partial charge is 0.396 e. The molecule has 0 saturated carbocycles. The van der Waals surface area contributed by atoms with Gasteiger partial charge in [0, 0.05) is 6.04 Å². The van der Waals surface area contributed by atoms with Crippen LogP contribution in [0.2, 0.25) is 0 Å². The van der Waals surface area contributed by atoms with Crippen LogP contribution < -0.4 is 5.32 Å². The number of amides is 1. The lowest BCUT2D eigenvalue weighted by Gasteiger charge is -2.09. The summed E-state index contributed by atoms with van der Waals surface area (Å²) < 4.78 is 26.6. The molecular weight excluding hydrogens is 222 g/mol. The summed E-state index contributed by atoms with van der Waals surface area (Å²) in [6.07, 6.45) is 0.355. The fourth-order valence-electron chi connectivity index (χ4n) is 1.35. The molecule has 86 valence electrons. The molecule has 1 heterocycles. The van der Waals surface area contributed by atoms with E-state index in [0.29, 0.717) is 6.42 Å². The average Bonchev–Trinajstić information content (AvgIpc) is 2.46. The summed E-state index contributed by atoms with van der Waals surface area (Å²) in [4.78, 5) is 22.0. The molecule has 0 unspecified atom stereocenters. The van der Waals surface area contributed by atoms with Crippen LogP contribution in [0.3, 0.4) is 0 Å². The zero-order chi connectivity index (χ0) is 11.5. The fraction of sp³-hybridized carbons (Fsp3) is 0.750. The Morgan fingerprint density at radius 1 is 1.47 bits per heavy atom. The van der Waals surface area contributed by atoms with Gasteiger partial charge in [0.2, 0.25) is 0 Å². The van der Waals surface area contributed by atoms with Crippen LogP contribution in [0.4, 0.5) is 0 Å². The van der Waals surface area contributed by atoms with Gasteiger partial charge in [0.25, 0.3) is 0 Å². The van der Waals surface area contributed by atoms with Crippen molar-refractivity contribution in [3.05, 3.63) is 0 Å². The number of rotatable bonds is 2. The second kappa shape index (κ2) is 4.61. The molecule has 0 radical (unpaired) electrons. The highest BCUT2D eigenvalue weighted by molar-refractivity contribution is 7.91. The molecule has 0 aliphatic carbocycles. The van der Waals surface area contributed by atoms with Crippen molar-refractivity contribution in [1.82, 2.24) is 5.32 Å². The van der Waals surface area contributed by atoms with Gasteiger partial charge in [-0.2, -0.15) is 0 Å². The molecule has 6 nitrogen and oxygen atoms in total. The van der Waals surface area contributed by atoms with E-state index in [0.717, 1.165) is 0 Å². The Bertz CT molecular complexity index is 361. The number of ether oxygens (including phenoxy) is 1. The van der Waals surface area contributed by atoms with Crippen LogP contribution in [-0.2, 0) is 24.2 Å². The van der Waals surface area contributed by atoms with Gasteiger partial charge in [0.05, 0.1) is 18.1 Å². The minimum Gasteiger partial charge on any atom is -0.459 e. The van der Waals surface area contributed by atoms with E-state index in [1.54, 1.807) is 6.92 Å². The molecule has 0 aromatic carbocycles. The third-order valence-corrected chi connectivity index (χ3v) is 3.80. The molecule has 15 heavy (non-hydrogen) atoms. The van der Waals surface area contributed by atoms with Crippen molar-refractivity contribution in [2.75, 3.05) is 18.1 Å². The zero-order valence-corrected chi connectivity index (χ0v) is 9.17. The van der Waals surface area contributed by atoms with E-state index in [1.807, 2.05) is 0 Å². The Kier molecular flexibility index (Phi) is 3.67. The van der Waals surface area contributed by atoms with Gasteiger partial charge in [-0.05, 0) is 13.3 Å². The van der Waals surface area contributed by atoms with Crippen LogP contribution in [0.5, 0.6) is 0 Å². The molecule has 1 N–H and O–H groups in total. The Balaban J connectivity index is 2.43. The molecule has 0 aromatic rings. The molecule has 0 aromatic heterocycles. The van der Waals surface area contributed by atoms with Gasteiger partial charge < -0.3 is 10.1 Å². The third kappa shape index (κ3) is 3.50. The highest BCUT2D eigenvalue weighted by atomic mass is 32.2. The number of carbonyl (C=O) groups excluding carboxylic acids is 2. The maximum absolute atomic E-state index is 11.1. The monoisotopic (exact) mass is 235 g/mol. The molecule has 1 aliphatic rings. The van der Waals surface area contributed by atoms with Crippen LogP contribution >= 0.6 is 0 Å². The number of esters is 1. The first-order chi connectivity index (χ1) is 6.94. The summed E-state index contributed by atoms with van der Waals surface area (Å²) in [6, 6.07) is -0.466. The Morgan fingerprint density at radius 3 is 2.60 bits per heavy atom. The SMILES string of the molecule is CCOC(=O)C(=O)N[C@@H]1CCS(=O)(=O)C1. The first kappa shape index (κ1) is 12.0. The fourth-order valence-corrected chi connectivity index (χ4v) is 3.02. The van der Waals surface area contributed by atoms with Crippen molar-refractivity contribution in [3.8, 4) is 0 Å². The van der Waals surface area contributed by atoms with E-state index in [2.05, 4.69) is 10.1 Å². The van der Waals surface area contributed by atoms with Gasteiger partial charge in [0.1, 0.15) is 0 Å². The first-order valence-corrected chi connectivity index (χ1v) is 6.45. The molecule has 7 heteroatoms. The van der Waals surface area contributed by atoms with E-state index in [9.17, 15) is 18.0 Å². The Morgan fingerprint density at radius 2 is 2.13 bits per heavy atom. The highest BCUT2D eigenvalue weighted by Gasteiger charge is 2.30. The van der Waals surface area contributed by atoms with Gasteiger partial charge in [-0.25, -0.2) is 13.2 Å². The molecule has 1 fully saturated rings. The second-order valence-corrected chi connectivity index (χ2v) is 5.52. The van der Waals surface area contributed by atoms with Gasteiger partial charge in [-0.3, -0.25) is 4.79 Å². The molecule has 0 spiro atoms. The predicted octanol–water partition coefficient (Wildman–Crippen LogP) is -1.15. The van der Waals surface area contributed by atoms with Gasteiger partial charge in [-0.15, -0.1) is 0 Å². The average molecular weight is 235 g/mol. The van der Waals surface area contributed by atoms with Gasteiger partial charge >= 0.3 is 11.9 Å². The quantitative estimate of drug-likeness (QED) is 0.482. The van der Waals surface area contributed by atoms with Crippen LogP contribution in [0.25, 0.3) is 0 Å². The minimum atomic E-state index is -3.05. The molecule has 1 rings (SSSR count). The number of hydrogen-bond donors (Lipinski definition) is 1. The van der Waals surface area contributed by atoms with E-state index in [4.69, 9.17) is 0 Å². The van der Waals surface area contributed by atoms with Crippen molar-refractivity contribution >= 4 is 21.7 Å². The summed E-state index contributed by atoms with van der Waals surface area (Å²) in [7, 11) is -3.05.